The van der Waals surface area contributed by atoms with Gasteiger partial charge in [0.2, 0.25) is 0 Å². The van der Waals surface area contributed by atoms with Crippen molar-refractivity contribution in [2.24, 2.45) is 5.84 Å². The number of hydrazine groups is 1. The molecule has 2 aromatic heterocycles. The summed E-state index contributed by atoms with van der Waals surface area (Å²) < 4.78 is 0. The number of rotatable bonds is 6. The molecule has 0 bridgehead atoms. The van der Waals surface area contributed by atoms with Gasteiger partial charge in [-0.3, -0.25) is 20.2 Å². The highest BCUT2D eigenvalue weighted by Crippen LogP contribution is 2.25. The maximum Gasteiger partial charge on any atom is 0.320 e. The average Bonchev–Trinajstić information content (AvgIpc) is 3.45. The van der Waals surface area contributed by atoms with Crippen LogP contribution in [-0.4, -0.2) is 79.9 Å². The number of urea groups is 1. The van der Waals surface area contributed by atoms with Crippen LogP contribution in [0.15, 0.2) is 30.5 Å². The van der Waals surface area contributed by atoms with Gasteiger partial charge in [-0.1, -0.05) is 18.9 Å². The van der Waals surface area contributed by atoms with E-state index in [2.05, 4.69) is 15.3 Å². The van der Waals surface area contributed by atoms with Crippen molar-refractivity contribution in [2.45, 2.75) is 57.7 Å². The van der Waals surface area contributed by atoms with Gasteiger partial charge in [-0.2, -0.15) is 0 Å². The summed E-state index contributed by atoms with van der Waals surface area (Å²) in [6.45, 7) is 2.54. The molecule has 3 amide bonds. The van der Waals surface area contributed by atoms with Crippen LogP contribution in [0.3, 0.4) is 0 Å². The Balaban J connectivity index is 1.44. The molecule has 0 spiro atoms. The number of anilines is 1. The number of aromatic nitrogens is 2. The van der Waals surface area contributed by atoms with E-state index in [4.69, 9.17) is 11.3 Å². The molecule has 1 aliphatic carbocycles. The first-order valence-corrected chi connectivity index (χ1v) is 12.3. The van der Waals surface area contributed by atoms with E-state index in [1.807, 2.05) is 16.8 Å². The second kappa shape index (κ2) is 11.0. The van der Waals surface area contributed by atoms with Crippen molar-refractivity contribution in [1.29, 1.82) is 5.41 Å². The Bertz CT molecular complexity index is 1130. The molecule has 0 saturated heterocycles. The van der Waals surface area contributed by atoms with E-state index in [1.54, 1.807) is 37.4 Å². The van der Waals surface area contributed by atoms with Gasteiger partial charge >= 0.3 is 6.03 Å². The number of carbonyl (C=O) groups is 2. The minimum Gasteiger partial charge on any atom is -0.394 e. The maximum atomic E-state index is 13.1. The van der Waals surface area contributed by atoms with Crippen molar-refractivity contribution in [2.75, 3.05) is 25.5 Å². The zero-order valence-electron chi connectivity index (χ0n) is 20.8. The molecule has 4 rings (SSSR count). The Labute approximate surface area is 210 Å². The van der Waals surface area contributed by atoms with Crippen LogP contribution in [0.2, 0.25) is 0 Å². The molecule has 3 heterocycles. The van der Waals surface area contributed by atoms with Gasteiger partial charge in [0.1, 0.15) is 17.2 Å². The molecule has 11 nitrogen and oxygen atoms in total. The van der Waals surface area contributed by atoms with Crippen LogP contribution in [-0.2, 0) is 13.0 Å². The number of fused-ring (bicyclic) bond motifs is 1. The zero-order chi connectivity index (χ0) is 25.8. The third-order valence-electron chi connectivity index (χ3n) is 7.00. The number of hydrogen-bond donors (Lipinski definition) is 4. The summed E-state index contributed by atoms with van der Waals surface area (Å²) in [6.07, 6.45) is 6.84. The maximum absolute atomic E-state index is 13.1. The van der Waals surface area contributed by atoms with Crippen LogP contribution < -0.4 is 11.2 Å². The lowest BCUT2D eigenvalue weighted by Crippen LogP contribution is -2.47. The molecule has 0 aromatic carbocycles. The van der Waals surface area contributed by atoms with Crippen molar-refractivity contribution in [1.82, 2.24) is 24.8 Å². The number of aliphatic hydroxyl groups excluding tert-OH is 1. The highest BCUT2D eigenvalue weighted by molar-refractivity contribution is 6.03. The van der Waals surface area contributed by atoms with Crippen molar-refractivity contribution in [3.8, 4) is 0 Å². The Morgan fingerprint density at radius 3 is 2.75 bits per heavy atom. The molecule has 11 heteroatoms. The smallest absolute Gasteiger partial charge is 0.320 e. The molecule has 1 unspecified atom stereocenters. The van der Waals surface area contributed by atoms with Gasteiger partial charge in [-0.25, -0.2) is 15.6 Å². The molecule has 36 heavy (non-hydrogen) atoms. The van der Waals surface area contributed by atoms with Gasteiger partial charge in [0.15, 0.2) is 5.84 Å². The number of amidine groups is 1. The number of nitrogens with one attached hydrogen (secondary N) is 2. The highest BCUT2D eigenvalue weighted by atomic mass is 16.3. The standard InChI is InChI=1S/C25H34N8O3/c1-16(15-34)33(27)23(26)20-8-5-9-22(29-20)30-24(35)21-12-18-14-32(11-10-17(18)13-28-21)25(36)31(2)19-6-3-4-7-19/h5,8-9,12-13,16,19,26,34H,3-4,6-7,10-11,14-15,27H2,1-2H3,(H,29,30,35). The minimum atomic E-state index is -0.457. The van der Waals surface area contributed by atoms with Crippen LogP contribution >= 0.6 is 0 Å². The van der Waals surface area contributed by atoms with E-state index in [1.165, 1.54) is 12.8 Å². The lowest BCUT2D eigenvalue weighted by atomic mass is 10.0. The van der Waals surface area contributed by atoms with Crippen molar-refractivity contribution in [3.05, 3.63) is 53.0 Å². The van der Waals surface area contributed by atoms with E-state index < -0.39 is 11.9 Å². The number of amides is 3. The molecular formula is C25H34N8O3. The van der Waals surface area contributed by atoms with Gasteiger partial charge in [0.25, 0.3) is 5.91 Å². The van der Waals surface area contributed by atoms with Crippen LogP contribution in [0, 0.1) is 5.41 Å². The van der Waals surface area contributed by atoms with E-state index in [-0.39, 0.29) is 35.7 Å². The predicted octanol–water partition coefficient (Wildman–Crippen LogP) is 1.96. The SMILES string of the molecule is CC(CO)N(N)C(=N)c1cccc(NC(=O)c2cc3c(cn2)CCN(C(=O)N(C)C2CCCC2)C3)n1. The molecule has 2 aliphatic rings. The molecule has 1 fully saturated rings. The predicted molar refractivity (Wildman–Crippen MR) is 135 cm³/mol. The van der Waals surface area contributed by atoms with Gasteiger partial charge in [0.05, 0.1) is 12.6 Å². The number of pyridine rings is 2. The first-order chi connectivity index (χ1) is 17.3. The number of nitrogens with zero attached hydrogens (tertiary/aromatic N) is 5. The summed E-state index contributed by atoms with van der Waals surface area (Å²) in [5, 5.41) is 21.3. The van der Waals surface area contributed by atoms with E-state index in [0.717, 1.165) is 29.0 Å². The van der Waals surface area contributed by atoms with Gasteiger partial charge in [-0.15, -0.1) is 0 Å². The number of nitrogens with two attached hydrogens (primary N) is 1. The largest absolute Gasteiger partial charge is 0.394 e. The van der Waals surface area contributed by atoms with E-state index >= 15 is 0 Å². The van der Waals surface area contributed by atoms with E-state index in [0.29, 0.717) is 25.6 Å². The summed E-state index contributed by atoms with van der Waals surface area (Å²) in [7, 11) is 1.88. The molecule has 192 valence electrons. The van der Waals surface area contributed by atoms with Crippen LogP contribution in [0.25, 0.3) is 0 Å². The molecule has 1 atom stereocenters. The Kier molecular flexibility index (Phi) is 7.80. The van der Waals surface area contributed by atoms with Gasteiger partial charge in [-0.05, 0) is 55.5 Å². The number of carbonyl (C=O) groups excluding carboxylic acids is 2. The zero-order valence-corrected chi connectivity index (χ0v) is 20.8. The fourth-order valence-electron chi connectivity index (χ4n) is 4.65. The van der Waals surface area contributed by atoms with Gasteiger partial charge in [0, 0.05) is 32.4 Å². The lowest BCUT2D eigenvalue weighted by molar-refractivity contribution is 0.102. The summed E-state index contributed by atoms with van der Waals surface area (Å²) in [5.41, 5.74) is 2.43. The Hall–Kier alpha value is -3.57. The third-order valence-corrected chi connectivity index (χ3v) is 7.00. The number of aliphatic hydroxyl groups is 1. The molecule has 2 aromatic rings. The molecule has 1 saturated carbocycles. The third kappa shape index (κ3) is 5.47. The molecule has 0 radical (unpaired) electrons. The minimum absolute atomic E-state index is 0.0308. The highest BCUT2D eigenvalue weighted by Gasteiger charge is 2.29. The van der Waals surface area contributed by atoms with Crippen LogP contribution in [0.1, 0.15) is 59.9 Å². The van der Waals surface area contributed by atoms with Crippen LogP contribution in [0.5, 0.6) is 0 Å². The summed E-state index contributed by atoms with van der Waals surface area (Å²) >= 11 is 0. The Morgan fingerprint density at radius 2 is 2.03 bits per heavy atom. The average molecular weight is 495 g/mol. The summed E-state index contributed by atoms with van der Waals surface area (Å²) in [6, 6.07) is 6.49. The molecular weight excluding hydrogens is 460 g/mol. The lowest BCUT2D eigenvalue weighted by Gasteiger charge is -2.34. The normalized spacial score (nSPS) is 16.3. The fraction of sp³-hybridized carbons (Fsp3) is 0.480. The van der Waals surface area contributed by atoms with Crippen molar-refractivity contribution in [3.63, 3.8) is 0 Å². The fourth-order valence-corrected chi connectivity index (χ4v) is 4.65. The first-order valence-electron chi connectivity index (χ1n) is 12.3. The second-order valence-electron chi connectivity index (χ2n) is 9.49. The molecule has 1 aliphatic heterocycles. The molecule has 5 N–H and O–H groups in total. The van der Waals surface area contributed by atoms with Crippen molar-refractivity contribution < 1.29 is 14.7 Å². The summed E-state index contributed by atoms with van der Waals surface area (Å²) in [5.74, 6) is 5.62. The Morgan fingerprint density at radius 1 is 1.28 bits per heavy atom. The van der Waals surface area contributed by atoms with E-state index in [9.17, 15) is 14.7 Å². The first kappa shape index (κ1) is 25.5. The summed E-state index contributed by atoms with van der Waals surface area (Å²) in [4.78, 5) is 38.3. The quantitative estimate of drug-likeness (QED) is 0.207. The second-order valence-corrected chi connectivity index (χ2v) is 9.49. The topological polar surface area (TPSA) is 152 Å². The van der Waals surface area contributed by atoms with Crippen molar-refractivity contribution >= 4 is 23.6 Å². The monoisotopic (exact) mass is 494 g/mol. The number of hydrogen-bond acceptors (Lipinski definition) is 7. The van der Waals surface area contributed by atoms with Gasteiger partial charge < -0.3 is 20.2 Å². The van der Waals surface area contributed by atoms with Crippen LogP contribution in [0.4, 0.5) is 10.6 Å².